The highest BCUT2D eigenvalue weighted by Crippen LogP contribution is 2.14. The van der Waals surface area contributed by atoms with E-state index < -0.39 is 11.6 Å². The Morgan fingerprint density at radius 3 is 2.37 bits per heavy atom. The molecule has 0 aliphatic rings. The molecule has 1 nitrogen and oxygen atoms in total. The predicted molar refractivity (Wildman–Crippen MR) is 75.5 cm³/mol. The lowest BCUT2D eigenvalue weighted by atomic mass is 10.0. The van der Waals surface area contributed by atoms with E-state index in [4.69, 9.17) is 0 Å². The summed E-state index contributed by atoms with van der Waals surface area (Å²) in [7, 11) is 0. The zero-order valence-electron chi connectivity index (χ0n) is 10.8. The summed E-state index contributed by atoms with van der Waals surface area (Å²) < 4.78 is 26.4. The molecule has 1 unspecified atom stereocenters. The number of halogens is 2. The van der Waals surface area contributed by atoms with Gasteiger partial charge in [0.25, 0.3) is 0 Å². The molecule has 4 heteroatoms. The Balaban J connectivity index is 2.07. The summed E-state index contributed by atoms with van der Waals surface area (Å²) in [5.41, 5.74) is 1.95. The summed E-state index contributed by atoms with van der Waals surface area (Å²) in [6.07, 6.45) is 1.49. The van der Waals surface area contributed by atoms with Crippen LogP contribution in [0.25, 0.3) is 0 Å². The average molecular weight is 281 g/mol. The van der Waals surface area contributed by atoms with Crippen molar-refractivity contribution in [3.8, 4) is 0 Å². The average Bonchev–Trinajstić information content (AvgIpc) is 2.80. The molecule has 0 fully saturated rings. The van der Waals surface area contributed by atoms with E-state index in [0.717, 1.165) is 19.0 Å². The third-order valence-electron chi connectivity index (χ3n) is 2.96. The fraction of sp³-hybridized carbons (Fsp3) is 0.333. The monoisotopic (exact) mass is 281 g/mol. The van der Waals surface area contributed by atoms with Crippen molar-refractivity contribution in [2.24, 2.45) is 0 Å². The van der Waals surface area contributed by atoms with Crippen LogP contribution in [0.5, 0.6) is 0 Å². The lowest BCUT2D eigenvalue weighted by molar-refractivity contribution is 0.516. The Morgan fingerprint density at radius 2 is 1.79 bits per heavy atom. The van der Waals surface area contributed by atoms with Crippen molar-refractivity contribution >= 4 is 11.3 Å². The molecule has 0 radical (unpaired) electrons. The van der Waals surface area contributed by atoms with Gasteiger partial charge in [-0.15, -0.1) is 0 Å². The van der Waals surface area contributed by atoms with Gasteiger partial charge >= 0.3 is 0 Å². The van der Waals surface area contributed by atoms with Crippen LogP contribution in [0.1, 0.15) is 18.1 Å². The van der Waals surface area contributed by atoms with Crippen LogP contribution in [0.2, 0.25) is 0 Å². The highest BCUT2D eigenvalue weighted by Gasteiger charge is 2.11. The number of nitrogens with one attached hydrogen (secondary N) is 1. The van der Waals surface area contributed by atoms with Crippen LogP contribution >= 0.6 is 11.3 Å². The molecule has 0 saturated heterocycles. The van der Waals surface area contributed by atoms with Crippen molar-refractivity contribution in [3.05, 3.63) is 57.8 Å². The first kappa shape index (κ1) is 14.2. The minimum absolute atomic E-state index is 0.195. The van der Waals surface area contributed by atoms with E-state index in [0.29, 0.717) is 12.0 Å². The molecule has 0 amide bonds. The van der Waals surface area contributed by atoms with Crippen LogP contribution < -0.4 is 5.32 Å². The summed E-state index contributed by atoms with van der Waals surface area (Å²) in [4.78, 5) is 0. The fourth-order valence-corrected chi connectivity index (χ4v) is 2.89. The first-order chi connectivity index (χ1) is 9.17. The van der Waals surface area contributed by atoms with Gasteiger partial charge in [0.15, 0.2) is 0 Å². The van der Waals surface area contributed by atoms with Crippen LogP contribution in [0.3, 0.4) is 0 Å². The molecule has 19 heavy (non-hydrogen) atoms. The molecule has 102 valence electrons. The second-order valence-electron chi connectivity index (χ2n) is 4.57. The third-order valence-corrected chi connectivity index (χ3v) is 3.69. The Kier molecular flexibility index (Phi) is 5.05. The molecule has 1 atom stereocenters. The van der Waals surface area contributed by atoms with Crippen molar-refractivity contribution in [1.29, 1.82) is 0 Å². The zero-order chi connectivity index (χ0) is 13.7. The van der Waals surface area contributed by atoms with E-state index in [1.807, 2.05) is 12.3 Å². The molecule has 0 aliphatic carbocycles. The second-order valence-corrected chi connectivity index (χ2v) is 5.35. The minimum atomic E-state index is -0.513. The first-order valence-corrected chi connectivity index (χ1v) is 7.31. The molecule has 1 N–H and O–H groups in total. The smallest absolute Gasteiger partial charge is 0.126 e. The highest BCUT2D eigenvalue weighted by atomic mass is 32.1. The summed E-state index contributed by atoms with van der Waals surface area (Å²) in [5.74, 6) is -1.03. The summed E-state index contributed by atoms with van der Waals surface area (Å²) >= 11 is 1.66. The van der Waals surface area contributed by atoms with Gasteiger partial charge in [0.1, 0.15) is 11.6 Å². The standard InChI is InChI=1S/C15H17F2NS/c1-2-18-15(7-11-3-4-19-10-11)8-12-5-13(16)9-14(17)6-12/h3-6,9-10,15,18H,2,7-8H2,1H3. The van der Waals surface area contributed by atoms with Crippen molar-refractivity contribution in [3.63, 3.8) is 0 Å². The van der Waals surface area contributed by atoms with Gasteiger partial charge in [0.2, 0.25) is 0 Å². The van der Waals surface area contributed by atoms with E-state index in [2.05, 4.69) is 16.8 Å². The van der Waals surface area contributed by atoms with Crippen molar-refractivity contribution in [2.45, 2.75) is 25.8 Å². The van der Waals surface area contributed by atoms with Gasteiger partial charge in [0.05, 0.1) is 0 Å². The number of thiophene rings is 1. The maximum atomic E-state index is 13.2. The number of benzene rings is 1. The molecule has 0 aliphatic heterocycles. The van der Waals surface area contributed by atoms with Crippen LogP contribution in [0.15, 0.2) is 35.0 Å². The number of hydrogen-bond acceptors (Lipinski definition) is 2. The van der Waals surface area contributed by atoms with Crippen LogP contribution in [-0.4, -0.2) is 12.6 Å². The van der Waals surface area contributed by atoms with E-state index in [-0.39, 0.29) is 6.04 Å². The van der Waals surface area contributed by atoms with Gasteiger partial charge in [-0.3, -0.25) is 0 Å². The van der Waals surface area contributed by atoms with Crippen molar-refractivity contribution in [1.82, 2.24) is 5.32 Å². The van der Waals surface area contributed by atoms with E-state index in [1.165, 1.54) is 17.7 Å². The number of likely N-dealkylation sites (N-methyl/N-ethyl adjacent to an activating group) is 1. The lowest BCUT2D eigenvalue weighted by Gasteiger charge is -2.17. The topological polar surface area (TPSA) is 12.0 Å². The Hall–Kier alpha value is -1.26. The van der Waals surface area contributed by atoms with Crippen LogP contribution in [0.4, 0.5) is 8.78 Å². The Bertz CT molecular complexity index is 491. The Labute approximate surface area is 116 Å². The molecular weight excluding hydrogens is 264 g/mol. The molecule has 0 bridgehead atoms. The summed E-state index contributed by atoms with van der Waals surface area (Å²) in [6.45, 7) is 2.87. The SMILES string of the molecule is CCNC(Cc1ccsc1)Cc1cc(F)cc(F)c1. The van der Waals surface area contributed by atoms with Gasteiger partial charge in [-0.2, -0.15) is 11.3 Å². The third kappa shape index (κ3) is 4.40. The number of rotatable bonds is 6. The summed E-state index contributed by atoms with van der Waals surface area (Å²) in [5, 5.41) is 7.52. The molecule has 0 spiro atoms. The highest BCUT2D eigenvalue weighted by molar-refractivity contribution is 7.07. The van der Waals surface area contributed by atoms with Gasteiger partial charge in [0, 0.05) is 12.1 Å². The first-order valence-electron chi connectivity index (χ1n) is 6.37. The van der Waals surface area contributed by atoms with Crippen molar-refractivity contribution in [2.75, 3.05) is 6.54 Å². The Morgan fingerprint density at radius 1 is 1.11 bits per heavy atom. The second kappa shape index (κ2) is 6.78. The zero-order valence-corrected chi connectivity index (χ0v) is 11.6. The molecule has 1 aromatic heterocycles. The normalized spacial score (nSPS) is 12.6. The maximum absolute atomic E-state index is 13.2. The van der Waals surface area contributed by atoms with E-state index in [9.17, 15) is 8.78 Å². The van der Waals surface area contributed by atoms with Gasteiger partial charge < -0.3 is 5.32 Å². The number of hydrogen-bond donors (Lipinski definition) is 1. The van der Waals surface area contributed by atoms with Crippen LogP contribution in [0, 0.1) is 11.6 Å². The molecule has 2 aromatic rings. The minimum Gasteiger partial charge on any atom is -0.314 e. The summed E-state index contributed by atoms with van der Waals surface area (Å²) in [6, 6.07) is 5.99. The van der Waals surface area contributed by atoms with E-state index >= 15 is 0 Å². The van der Waals surface area contributed by atoms with Crippen molar-refractivity contribution < 1.29 is 8.78 Å². The molecular formula is C15H17F2NS. The lowest BCUT2D eigenvalue weighted by Crippen LogP contribution is -2.33. The molecule has 1 aromatic carbocycles. The quantitative estimate of drug-likeness (QED) is 0.849. The largest absolute Gasteiger partial charge is 0.314 e. The van der Waals surface area contributed by atoms with Gasteiger partial charge in [-0.1, -0.05) is 6.92 Å². The predicted octanol–water partition coefficient (Wildman–Crippen LogP) is 3.79. The van der Waals surface area contributed by atoms with E-state index in [1.54, 1.807) is 11.3 Å². The van der Waals surface area contributed by atoms with Gasteiger partial charge in [-0.05, 0) is 59.5 Å². The molecule has 0 saturated carbocycles. The van der Waals surface area contributed by atoms with Gasteiger partial charge in [-0.25, -0.2) is 8.78 Å². The van der Waals surface area contributed by atoms with Crippen LogP contribution in [-0.2, 0) is 12.8 Å². The molecule has 2 rings (SSSR count). The molecule has 1 heterocycles. The maximum Gasteiger partial charge on any atom is 0.126 e. The fourth-order valence-electron chi connectivity index (χ4n) is 2.21.